The molecule has 7 nitrogen and oxygen atoms in total. The van der Waals surface area contributed by atoms with Crippen molar-refractivity contribution >= 4 is 21.8 Å². The van der Waals surface area contributed by atoms with E-state index in [-0.39, 0.29) is 5.69 Å². The minimum Gasteiger partial charge on any atom is -0.346 e. The van der Waals surface area contributed by atoms with Crippen molar-refractivity contribution in [2.75, 3.05) is 18.8 Å². The van der Waals surface area contributed by atoms with E-state index in [4.69, 9.17) is 0 Å². The number of hydrogen-bond acceptors (Lipinski definition) is 4. The largest absolute Gasteiger partial charge is 0.416 e. The number of carbonyl (C=O) groups excluding carboxylic acids is 1. The lowest BCUT2D eigenvalue weighted by Crippen LogP contribution is -2.62. The first-order valence-electron chi connectivity index (χ1n) is 10.4. The number of halogens is 3. The predicted molar refractivity (Wildman–Crippen MR) is 111 cm³/mol. The van der Waals surface area contributed by atoms with E-state index < -0.39 is 44.4 Å². The molecule has 32 heavy (non-hydrogen) atoms. The summed E-state index contributed by atoms with van der Waals surface area (Å²) in [5, 5.41) is 12.7. The molecule has 4 bridgehead atoms. The molecule has 4 aliphatic rings. The summed E-state index contributed by atoms with van der Waals surface area (Å²) >= 11 is 0. The number of amides is 1. The lowest BCUT2D eigenvalue weighted by Gasteiger charge is -2.59. The average molecular weight is 471 g/mol. The molecule has 0 heterocycles. The molecule has 0 spiro atoms. The molecule has 0 aromatic heterocycles. The molecule has 0 saturated heterocycles. The van der Waals surface area contributed by atoms with Gasteiger partial charge in [0.15, 0.2) is 0 Å². The maximum absolute atomic E-state index is 13.3. The minimum absolute atomic E-state index is 0.232. The van der Waals surface area contributed by atoms with Crippen molar-refractivity contribution < 1.29 is 26.4 Å². The lowest BCUT2D eigenvalue weighted by atomic mass is 9.47. The van der Waals surface area contributed by atoms with Crippen LogP contribution in [-0.2, 0) is 16.4 Å². The summed E-state index contributed by atoms with van der Waals surface area (Å²) in [6, 6.07) is 4.79. The van der Waals surface area contributed by atoms with E-state index >= 15 is 0 Å². The topological polar surface area (TPSA) is 102 Å². The normalized spacial score (nSPS) is 31.4. The standard InChI is InChI=1S/C21H25F3N4O3S/c1-28(2)32(30,31)27-17-4-3-15(21(22,23)24)6-16(17)18(29)26-20-9-13-5-14(10-20)8-19(7-13,11-20)12-25/h3-4,6,13-14,27H,5,7-11H2,1-2H3,(H,26,29). The third kappa shape index (κ3) is 4.06. The zero-order valence-corrected chi connectivity index (χ0v) is 18.6. The van der Waals surface area contributed by atoms with Crippen molar-refractivity contribution in [2.45, 2.75) is 50.2 Å². The van der Waals surface area contributed by atoms with Gasteiger partial charge in [-0.25, -0.2) is 0 Å². The second-order valence-electron chi connectivity index (χ2n) is 9.74. The third-order valence-electron chi connectivity index (χ3n) is 6.99. The molecule has 0 radical (unpaired) electrons. The number of benzene rings is 1. The average Bonchev–Trinajstić information content (AvgIpc) is 2.65. The van der Waals surface area contributed by atoms with E-state index in [1.165, 1.54) is 14.1 Å². The number of anilines is 1. The Morgan fingerprint density at radius 1 is 1.19 bits per heavy atom. The van der Waals surface area contributed by atoms with Gasteiger partial charge in [-0.3, -0.25) is 9.52 Å². The Kier molecular flexibility index (Phi) is 5.25. The van der Waals surface area contributed by atoms with E-state index in [1.54, 1.807) is 0 Å². The number of rotatable bonds is 5. The van der Waals surface area contributed by atoms with Crippen LogP contribution in [0, 0.1) is 28.6 Å². The first-order chi connectivity index (χ1) is 14.8. The molecule has 5 rings (SSSR count). The Morgan fingerprint density at radius 3 is 2.34 bits per heavy atom. The highest BCUT2D eigenvalue weighted by molar-refractivity contribution is 7.90. The number of nitrogens with one attached hydrogen (secondary N) is 2. The van der Waals surface area contributed by atoms with Crippen LogP contribution in [0.3, 0.4) is 0 Å². The van der Waals surface area contributed by atoms with Gasteiger partial charge in [0.25, 0.3) is 5.91 Å². The van der Waals surface area contributed by atoms with Gasteiger partial charge in [-0.15, -0.1) is 0 Å². The third-order valence-corrected chi connectivity index (χ3v) is 8.43. The quantitative estimate of drug-likeness (QED) is 0.687. The van der Waals surface area contributed by atoms with Crippen LogP contribution in [0.2, 0.25) is 0 Å². The van der Waals surface area contributed by atoms with Crippen molar-refractivity contribution in [2.24, 2.45) is 17.3 Å². The van der Waals surface area contributed by atoms with Crippen LogP contribution in [0.1, 0.15) is 54.4 Å². The Morgan fingerprint density at radius 2 is 1.81 bits per heavy atom. The fraction of sp³-hybridized carbons (Fsp3) is 0.619. The summed E-state index contributed by atoms with van der Waals surface area (Å²) in [6.07, 6.45) is -0.304. The Balaban J connectivity index is 1.69. The van der Waals surface area contributed by atoms with Crippen molar-refractivity contribution in [1.82, 2.24) is 9.62 Å². The van der Waals surface area contributed by atoms with Gasteiger partial charge in [-0.05, 0) is 68.6 Å². The molecule has 2 unspecified atom stereocenters. The van der Waals surface area contributed by atoms with Crippen LogP contribution in [0.4, 0.5) is 18.9 Å². The zero-order valence-electron chi connectivity index (χ0n) is 17.8. The summed E-state index contributed by atoms with van der Waals surface area (Å²) < 4.78 is 67.6. The summed E-state index contributed by atoms with van der Waals surface area (Å²) in [5.74, 6) is -0.184. The molecular weight excluding hydrogens is 445 g/mol. The molecule has 1 amide bonds. The fourth-order valence-electron chi connectivity index (χ4n) is 6.08. The van der Waals surface area contributed by atoms with Crippen LogP contribution in [0.15, 0.2) is 18.2 Å². The molecule has 4 aliphatic carbocycles. The monoisotopic (exact) mass is 470 g/mol. The van der Waals surface area contributed by atoms with Gasteiger partial charge in [0.05, 0.1) is 28.3 Å². The van der Waals surface area contributed by atoms with Gasteiger partial charge in [0.2, 0.25) is 0 Å². The lowest BCUT2D eigenvalue weighted by molar-refractivity contribution is -0.137. The van der Waals surface area contributed by atoms with Crippen LogP contribution in [0.5, 0.6) is 0 Å². The maximum atomic E-state index is 13.3. The molecule has 1 aromatic carbocycles. The molecule has 1 aromatic rings. The SMILES string of the molecule is CN(C)S(=O)(=O)Nc1ccc(C(F)(F)F)cc1C(=O)NC12CC3CC(CC(C#N)(C3)C1)C2. The highest BCUT2D eigenvalue weighted by Crippen LogP contribution is 2.61. The van der Waals surface area contributed by atoms with E-state index in [1.807, 2.05) is 0 Å². The van der Waals surface area contributed by atoms with Crippen molar-refractivity contribution in [3.8, 4) is 6.07 Å². The van der Waals surface area contributed by atoms with Crippen LogP contribution < -0.4 is 10.0 Å². The van der Waals surface area contributed by atoms with Crippen molar-refractivity contribution in [1.29, 1.82) is 5.26 Å². The molecular formula is C21H25F3N4O3S. The van der Waals surface area contributed by atoms with Gasteiger partial charge >= 0.3 is 16.4 Å². The molecule has 4 saturated carbocycles. The number of nitriles is 1. The fourth-order valence-corrected chi connectivity index (χ4v) is 6.71. The van der Waals surface area contributed by atoms with E-state index in [0.717, 1.165) is 35.7 Å². The summed E-state index contributed by atoms with van der Waals surface area (Å²) in [7, 11) is -1.51. The first kappa shape index (κ1) is 22.9. The minimum atomic E-state index is -4.69. The zero-order chi connectivity index (χ0) is 23.5. The van der Waals surface area contributed by atoms with Gasteiger partial charge < -0.3 is 5.32 Å². The first-order valence-corrected chi connectivity index (χ1v) is 11.9. The van der Waals surface area contributed by atoms with E-state index in [9.17, 15) is 31.6 Å². The van der Waals surface area contributed by atoms with Crippen molar-refractivity contribution in [3.63, 3.8) is 0 Å². The number of alkyl halides is 3. The summed E-state index contributed by atoms with van der Waals surface area (Å²) in [4.78, 5) is 13.3. The summed E-state index contributed by atoms with van der Waals surface area (Å²) in [5.41, 5.74) is -2.85. The maximum Gasteiger partial charge on any atom is 0.416 e. The van der Waals surface area contributed by atoms with Crippen LogP contribution in [0.25, 0.3) is 0 Å². The summed E-state index contributed by atoms with van der Waals surface area (Å²) in [6.45, 7) is 0. The second-order valence-corrected chi connectivity index (χ2v) is 11.6. The van der Waals surface area contributed by atoms with Crippen molar-refractivity contribution in [3.05, 3.63) is 29.3 Å². The predicted octanol–water partition coefficient (Wildman–Crippen LogP) is 3.52. The highest BCUT2D eigenvalue weighted by Gasteiger charge is 2.58. The number of hydrogen-bond donors (Lipinski definition) is 2. The molecule has 2 N–H and O–H groups in total. The number of nitrogens with zero attached hydrogens (tertiary/aromatic N) is 2. The van der Waals surface area contributed by atoms with Crippen LogP contribution in [-0.4, -0.2) is 38.3 Å². The Hall–Kier alpha value is -2.32. The van der Waals surface area contributed by atoms with Gasteiger partial charge in [0, 0.05) is 19.6 Å². The second kappa shape index (κ2) is 7.35. The van der Waals surface area contributed by atoms with Gasteiger partial charge in [0.1, 0.15) is 0 Å². The van der Waals surface area contributed by atoms with E-state index in [0.29, 0.717) is 37.2 Å². The molecule has 174 valence electrons. The van der Waals surface area contributed by atoms with Crippen LogP contribution >= 0.6 is 0 Å². The smallest absolute Gasteiger partial charge is 0.346 e. The molecule has 4 fully saturated rings. The van der Waals surface area contributed by atoms with Gasteiger partial charge in [-0.1, -0.05) is 0 Å². The Bertz CT molecular complexity index is 1080. The van der Waals surface area contributed by atoms with Gasteiger partial charge in [-0.2, -0.15) is 31.2 Å². The highest BCUT2D eigenvalue weighted by atomic mass is 32.2. The Labute approximate surface area is 185 Å². The molecule has 0 aliphatic heterocycles. The molecule has 11 heteroatoms. The molecule has 2 atom stereocenters. The number of carbonyl (C=O) groups is 1. The van der Waals surface area contributed by atoms with E-state index in [2.05, 4.69) is 16.1 Å².